The fraction of sp³-hybridized carbons (Fsp3) is 0.529. The third kappa shape index (κ3) is 2.94. The highest BCUT2D eigenvalue weighted by Gasteiger charge is 2.18. The van der Waals surface area contributed by atoms with Crippen LogP contribution in [0.2, 0.25) is 0 Å². The topological polar surface area (TPSA) is 39.8 Å². The third-order valence-electron chi connectivity index (χ3n) is 4.29. The standard InChI is InChI=1S/C17H23N3O/c1-2-3-4-7-11-20-17(21)19-12-10-14-8-5-6-9-15(14)13-16(19)18-20/h5-6,8-9H,2-4,7,10-13H2,1H3. The Balaban J connectivity index is 1.80. The average molecular weight is 285 g/mol. The second-order valence-electron chi connectivity index (χ2n) is 5.83. The molecule has 1 aromatic carbocycles. The van der Waals surface area contributed by atoms with Crippen molar-refractivity contribution < 1.29 is 0 Å². The minimum absolute atomic E-state index is 0.0642. The highest BCUT2D eigenvalue weighted by atomic mass is 16.2. The molecule has 1 aromatic heterocycles. The summed E-state index contributed by atoms with van der Waals surface area (Å²) in [5, 5.41) is 4.57. The summed E-state index contributed by atoms with van der Waals surface area (Å²) in [5.74, 6) is 0.917. The van der Waals surface area contributed by atoms with Crippen molar-refractivity contribution in [3.8, 4) is 0 Å². The predicted octanol–water partition coefficient (Wildman–Crippen LogP) is 2.77. The number of aromatic nitrogens is 3. The zero-order chi connectivity index (χ0) is 14.7. The van der Waals surface area contributed by atoms with Gasteiger partial charge in [-0.1, -0.05) is 50.5 Å². The fourth-order valence-corrected chi connectivity index (χ4v) is 3.05. The largest absolute Gasteiger partial charge is 0.345 e. The van der Waals surface area contributed by atoms with Crippen LogP contribution in [0.3, 0.4) is 0 Å². The molecule has 0 bridgehead atoms. The summed E-state index contributed by atoms with van der Waals surface area (Å²) in [6.07, 6.45) is 6.35. The monoisotopic (exact) mass is 285 g/mol. The number of hydrogen-bond acceptors (Lipinski definition) is 2. The average Bonchev–Trinajstić information content (AvgIpc) is 2.69. The molecule has 4 nitrogen and oxygen atoms in total. The maximum absolute atomic E-state index is 12.4. The molecule has 0 fully saturated rings. The van der Waals surface area contributed by atoms with Gasteiger partial charge in [0.2, 0.25) is 0 Å². The normalized spacial score (nSPS) is 13.6. The van der Waals surface area contributed by atoms with Gasteiger partial charge in [-0.15, -0.1) is 0 Å². The van der Waals surface area contributed by atoms with Crippen LogP contribution in [-0.4, -0.2) is 14.3 Å². The van der Waals surface area contributed by atoms with Gasteiger partial charge in [0, 0.05) is 19.5 Å². The molecule has 0 N–H and O–H groups in total. The van der Waals surface area contributed by atoms with Crippen molar-refractivity contribution in [2.75, 3.05) is 0 Å². The van der Waals surface area contributed by atoms with Gasteiger partial charge in [0.05, 0.1) is 0 Å². The number of unbranched alkanes of at least 4 members (excludes halogenated alkanes) is 3. The van der Waals surface area contributed by atoms with Crippen molar-refractivity contribution >= 4 is 0 Å². The van der Waals surface area contributed by atoms with Gasteiger partial charge in [-0.05, 0) is 24.0 Å². The summed E-state index contributed by atoms with van der Waals surface area (Å²) >= 11 is 0. The van der Waals surface area contributed by atoms with Crippen LogP contribution < -0.4 is 5.69 Å². The van der Waals surface area contributed by atoms with E-state index in [1.54, 1.807) is 4.68 Å². The number of nitrogens with zero attached hydrogens (tertiary/aromatic N) is 3. The van der Waals surface area contributed by atoms with E-state index < -0.39 is 0 Å². The molecule has 3 rings (SSSR count). The molecule has 112 valence electrons. The first-order valence-corrected chi connectivity index (χ1v) is 8.03. The molecular formula is C17H23N3O. The Hall–Kier alpha value is -1.84. The molecule has 2 heterocycles. The van der Waals surface area contributed by atoms with Crippen LogP contribution in [0.25, 0.3) is 0 Å². The summed E-state index contributed by atoms with van der Waals surface area (Å²) < 4.78 is 3.53. The van der Waals surface area contributed by atoms with Gasteiger partial charge >= 0.3 is 5.69 Å². The molecule has 1 aliphatic rings. The molecule has 21 heavy (non-hydrogen) atoms. The van der Waals surface area contributed by atoms with Gasteiger partial charge < -0.3 is 0 Å². The summed E-state index contributed by atoms with van der Waals surface area (Å²) in [6.45, 7) is 3.70. The first kappa shape index (κ1) is 14.1. The maximum Gasteiger partial charge on any atom is 0.345 e. The van der Waals surface area contributed by atoms with E-state index >= 15 is 0 Å². The maximum atomic E-state index is 12.4. The summed E-state index contributed by atoms with van der Waals surface area (Å²) in [4.78, 5) is 12.4. The molecule has 0 radical (unpaired) electrons. The molecule has 0 unspecified atom stereocenters. The van der Waals surface area contributed by atoms with Crippen molar-refractivity contribution in [1.29, 1.82) is 0 Å². The Labute approximate surface area is 125 Å². The first-order valence-electron chi connectivity index (χ1n) is 8.03. The van der Waals surface area contributed by atoms with E-state index in [9.17, 15) is 4.79 Å². The third-order valence-corrected chi connectivity index (χ3v) is 4.29. The number of aryl methyl sites for hydroxylation is 2. The van der Waals surface area contributed by atoms with Gasteiger partial charge in [0.1, 0.15) is 5.82 Å². The van der Waals surface area contributed by atoms with Crippen molar-refractivity contribution in [3.63, 3.8) is 0 Å². The summed E-state index contributed by atoms with van der Waals surface area (Å²) in [6, 6.07) is 8.44. The Kier molecular flexibility index (Phi) is 4.23. The quantitative estimate of drug-likeness (QED) is 0.793. The molecule has 1 aliphatic heterocycles. The van der Waals surface area contributed by atoms with Gasteiger partial charge in [0.25, 0.3) is 0 Å². The first-order chi connectivity index (χ1) is 10.3. The Morgan fingerprint density at radius 2 is 1.95 bits per heavy atom. The minimum atomic E-state index is 0.0642. The minimum Gasteiger partial charge on any atom is -0.278 e. The van der Waals surface area contributed by atoms with E-state index in [0.717, 1.165) is 38.2 Å². The molecule has 0 atom stereocenters. The van der Waals surface area contributed by atoms with Crippen LogP contribution >= 0.6 is 0 Å². The van der Waals surface area contributed by atoms with E-state index in [1.165, 1.54) is 30.4 Å². The molecular weight excluding hydrogens is 262 g/mol. The van der Waals surface area contributed by atoms with Crippen molar-refractivity contribution in [3.05, 3.63) is 51.7 Å². The number of benzene rings is 1. The van der Waals surface area contributed by atoms with Crippen molar-refractivity contribution in [2.24, 2.45) is 0 Å². The van der Waals surface area contributed by atoms with Crippen molar-refractivity contribution in [2.45, 2.75) is 58.5 Å². The zero-order valence-corrected chi connectivity index (χ0v) is 12.7. The second-order valence-corrected chi connectivity index (χ2v) is 5.83. The number of hydrogen-bond donors (Lipinski definition) is 0. The SMILES string of the molecule is CCCCCCn1nc2n(c1=O)CCc1ccccc1C2. The zero-order valence-electron chi connectivity index (χ0n) is 12.7. The number of fused-ring (bicyclic) bond motifs is 2. The number of rotatable bonds is 5. The molecule has 4 heteroatoms. The lowest BCUT2D eigenvalue weighted by atomic mass is 10.0. The van der Waals surface area contributed by atoms with Gasteiger partial charge in [-0.25, -0.2) is 9.48 Å². The lowest BCUT2D eigenvalue weighted by Gasteiger charge is -2.03. The lowest BCUT2D eigenvalue weighted by Crippen LogP contribution is -2.25. The molecule has 2 aromatic rings. The van der Waals surface area contributed by atoms with Crippen LogP contribution in [-0.2, 0) is 25.9 Å². The summed E-state index contributed by atoms with van der Waals surface area (Å²) in [5.41, 5.74) is 2.71. The fourth-order valence-electron chi connectivity index (χ4n) is 3.05. The van der Waals surface area contributed by atoms with Gasteiger partial charge in [0.15, 0.2) is 0 Å². The van der Waals surface area contributed by atoms with Crippen LogP contribution in [0.15, 0.2) is 29.1 Å². The van der Waals surface area contributed by atoms with Gasteiger partial charge in [-0.2, -0.15) is 5.10 Å². The van der Waals surface area contributed by atoms with Crippen LogP contribution in [0.5, 0.6) is 0 Å². The molecule has 0 aliphatic carbocycles. The summed E-state index contributed by atoms with van der Waals surface area (Å²) in [7, 11) is 0. The van der Waals surface area contributed by atoms with E-state index in [2.05, 4.69) is 36.3 Å². The van der Waals surface area contributed by atoms with E-state index in [-0.39, 0.29) is 5.69 Å². The van der Waals surface area contributed by atoms with Crippen LogP contribution in [0, 0.1) is 0 Å². The molecule has 0 saturated heterocycles. The highest BCUT2D eigenvalue weighted by molar-refractivity contribution is 5.31. The van der Waals surface area contributed by atoms with Crippen LogP contribution in [0.4, 0.5) is 0 Å². The molecule has 0 amide bonds. The Morgan fingerprint density at radius 3 is 2.76 bits per heavy atom. The van der Waals surface area contributed by atoms with Crippen LogP contribution in [0.1, 0.15) is 49.6 Å². The van der Waals surface area contributed by atoms with E-state index in [0.29, 0.717) is 0 Å². The highest BCUT2D eigenvalue weighted by Crippen LogP contribution is 2.17. The lowest BCUT2D eigenvalue weighted by molar-refractivity contribution is 0.518. The van der Waals surface area contributed by atoms with Crippen molar-refractivity contribution in [1.82, 2.24) is 14.3 Å². The predicted molar refractivity (Wildman–Crippen MR) is 83.6 cm³/mol. The molecule has 0 saturated carbocycles. The Morgan fingerprint density at radius 1 is 1.14 bits per heavy atom. The Bertz CT molecular complexity index is 669. The van der Waals surface area contributed by atoms with E-state index in [4.69, 9.17) is 0 Å². The van der Waals surface area contributed by atoms with Gasteiger partial charge in [-0.3, -0.25) is 4.57 Å². The second kappa shape index (κ2) is 6.29. The molecule has 0 spiro atoms. The smallest absolute Gasteiger partial charge is 0.278 e. The van der Waals surface area contributed by atoms with E-state index in [1.807, 2.05) is 4.57 Å².